The highest BCUT2D eigenvalue weighted by molar-refractivity contribution is 6.30. The molecule has 0 radical (unpaired) electrons. The minimum atomic E-state index is 0.521. The van der Waals surface area contributed by atoms with E-state index in [2.05, 4.69) is 27.8 Å². The Morgan fingerprint density at radius 2 is 2.17 bits per heavy atom. The van der Waals surface area contributed by atoms with Crippen molar-refractivity contribution in [2.75, 3.05) is 5.32 Å². The number of nitrogens with one attached hydrogen (secondary N) is 1. The molecule has 2 heterocycles. The monoisotopic (exact) mass is 331 g/mol. The molecule has 0 atom stereocenters. The standard InChI is InChI=1S/C16H18ClN5O/c1-2-3-9-22-16(19-20-21-22)18-11-14-7-8-15(23-14)12-5-4-6-13(17)10-12/h4-8,10H,2-3,9,11H2,1H3,(H,18,19,21). The number of halogens is 1. The van der Waals surface area contributed by atoms with E-state index in [4.69, 9.17) is 16.0 Å². The quantitative estimate of drug-likeness (QED) is 0.708. The molecule has 2 aromatic heterocycles. The van der Waals surface area contributed by atoms with Crippen molar-refractivity contribution in [3.63, 3.8) is 0 Å². The Hall–Kier alpha value is -2.34. The van der Waals surface area contributed by atoms with Crippen LogP contribution in [0.4, 0.5) is 5.95 Å². The Labute approximate surface area is 139 Å². The van der Waals surface area contributed by atoms with Gasteiger partial charge in [0.2, 0.25) is 5.95 Å². The second-order valence-corrected chi connectivity index (χ2v) is 5.65. The summed E-state index contributed by atoms with van der Waals surface area (Å²) in [5.41, 5.74) is 0.955. The fourth-order valence-electron chi connectivity index (χ4n) is 2.23. The lowest BCUT2D eigenvalue weighted by Gasteiger charge is -2.05. The fraction of sp³-hybridized carbons (Fsp3) is 0.312. The summed E-state index contributed by atoms with van der Waals surface area (Å²) in [5, 5.41) is 15.6. The molecule has 0 unspecified atom stereocenters. The van der Waals surface area contributed by atoms with Crippen molar-refractivity contribution in [2.24, 2.45) is 0 Å². The Morgan fingerprint density at radius 1 is 1.26 bits per heavy atom. The van der Waals surface area contributed by atoms with Gasteiger partial charge in [-0.25, -0.2) is 4.68 Å². The minimum absolute atomic E-state index is 0.521. The fourth-order valence-corrected chi connectivity index (χ4v) is 2.42. The van der Waals surface area contributed by atoms with Gasteiger partial charge < -0.3 is 9.73 Å². The van der Waals surface area contributed by atoms with Crippen molar-refractivity contribution in [3.8, 4) is 11.3 Å². The first kappa shape index (κ1) is 15.6. The topological polar surface area (TPSA) is 68.8 Å². The van der Waals surface area contributed by atoms with Gasteiger partial charge in [-0.2, -0.15) is 0 Å². The maximum atomic E-state index is 6.01. The summed E-state index contributed by atoms with van der Waals surface area (Å²) in [7, 11) is 0. The third kappa shape index (κ3) is 3.90. The Kier molecular flexibility index (Phi) is 4.92. The molecule has 7 heteroatoms. The van der Waals surface area contributed by atoms with Crippen LogP contribution in [-0.2, 0) is 13.1 Å². The molecule has 3 rings (SSSR count). The van der Waals surface area contributed by atoms with Crippen molar-refractivity contribution in [3.05, 3.63) is 47.2 Å². The lowest BCUT2D eigenvalue weighted by molar-refractivity contribution is 0.526. The van der Waals surface area contributed by atoms with Gasteiger partial charge in [0.25, 0.3) is 0 Å². The van der Waals surface area contributed by atoms with Gasteiger partial charge in [-0.05, 0) is 41.1 Å². The highest BCUT2D eigenvalue weighted by Gasteiger charge is 2.08. The van der Waals surface area contributed by atoms with Crippen LogP contribution in [0.25, 0.3) is 11.3 Å². The van der Waals surface area contributed by atoms with Crippen molar-refractivity contribution < 1.29 is 4.42 Å². The molecule has 0 aliphatic carbocycles. The number of nitrogens with zero attached hydrogens (tertiary/aromatic N) is 4. The summed E-state index contributed by atoms with van der Waals surface area (Å²) < 4.78 is 7.61. The van der Waals surface area contributed by atoms with Crippen LogP contribution in [0.1, 0.15) is 25.5 Å². The van der Waals surface area contributed by atoms with E-state index < -0.39 is 0 Å². The number of unbranched alkanes of at least 4 members (excludes halogenated alkanes) is 1. The first-order valence-corrected chi connectivity index (χ1v) is 7.98. The molecular weight excluding hydrogens is 314 g/mol. The molecule has 0 saturated carbocycles. The van der Waals surface area contributed by atoms with Crippen LogP contribution in [0.3, 0.4) is 0 Å². The van der Waals surface area contributed by atoms with E-state index in [1.165, 1.54) is 0 Å². The van der Waals surface area contributed by atoms with Crippen molar-refractivity contribution in [1.29, 1.82) is 0 Å². The molecule has 1 N–H and O–H groups in total. The third-order valence-corrected chi connectivity index (χ3v) is 3.68. The van der Waals surface area contributed by atoms with E-state index in [9.17, 15) is 0 Å². The number of tetrazole rings is 1. The summed E-state index contributed by atoms with van der Waals surface area (Å²) in [4.78, 5) is 0. The molecule has 23 heavy (non-hydrogen) atoms. The van der Waals surface area contributed by atoms with Gasteiger partial charge in [0.15, 0.2) is 0 Å². The van der Waals surface area contributed by atoms with E-state index in [0.29, 0.717) is 17.5 Å². The first-order valence-electron chi connectivity index (χ1n) is 7.61. The van der Waals surface area contributed by atoms with Gasteiger partial charge in [0, 0.05) is 17.1 Å². The molecule has 6 nitrogen and oxygen atoms in total. The van der Waals surface area contributed by atoms with Crippen molar-refractivity contribution in [2.45, 2.75) is 32.9 Å². The molecule has 120 valence electrons. The molecule has 0 bridgehead atoms. The first-order chi connectivity index (χ1) is 11.3. The zero-order valence-corrected chi connectivity index (χ0v) is 13.6. The Balaban J connectivity index is 1.65. The third-order valence-electron chi connectivity index (χ3n) is 3.45. The molecule has 0 fully saturated rings. The number of anilines is 1. The van der Waals surface area contributed by atoms with Gasteiger partial charge in [0.05, 0.1) is 6.54 Å². The van der Waals surface area contributed by atoms with Crippen LogP contribution in [0.5, 0.6) is 0 Å². The second-order valence-electron chi connectivity index (χ2n) is 5.21. The average Bonchev–Trinajstić information content (AvgIpc) is 3.20. The predicted octanol–water partition coefficient (Wildman–Crippen LogP) is 4.00. The van der Waals surface area contributed by atoms with Gasteiger partial charge in [-0.3, -0.25) is 0 Å². The van der Waals surface area contributed by atoms with Crippen molar-refractivity contribution in [1.82, 2.24) is 20.2 Å². The summed E-state index contributed by atoms with van der Waals surface area (Å²) in [6.45, 7) is 3.46. The molecule has 0 saturated heterocycles. The molecular formula is C16H18ClN5O. The van der Waals surface area contributed by atoms with Crippen LogP contribution in [-0.4, -0.2) is 20.2 Å². The maximum Gasteiger partial charge on any atom is 0.243 e. The summed E-state index contributed by atoms with van der Waals surface area (Å²) in [6, 6.07) is 11.5. The predicted molar refractivity (Wildman–Crippen MR) is 89.2 cm³/mol. The highest BCUT2D eigenvalue weighted by Crippen LogP contribution is 2.25. The number of hydrogen-bond acceptors (Lipinski definition) is 5. The highest BCUT2D eigenvalue weighted by atomic mass is 35.5. The number of furan rings is 1. The van der Waals surface area contributed by atoms with E-state index in [1.54, 1.807) is 4.68 Å². The molecule has 0 spiro atoms. The van der Waals surface area contributed by atoms with E-state index in [-0.39, 0.29) is 0 Å². The zero-order valence-electron chi connectivity index (χ0n) is 12.9. The van der Waals surface area contributed by atoms with Crippen LogP contribution in [0.15, 0.2) is 40.8 Å². The van der Waals surface area contributed by atoms with Gasteiger partial charge in [-0.1, -0.05) is 42.2 Å². The Bertz CT molecular complexity index is 767. The SMILES string of the molecule is CCCCn1nnnc1NCc1ccc(-c2cccc(Cl)c2)o1. The van der Waals surface area contributed by atoms with Gasteiger partial charge in [-0.15, -0.1) is 0 Å². The number of rotatable bonds is 7. The van der Waals surface area contributed by atoms with Gasteiger partial charge in [0.1, 0.15) is 11.5 Å². The number of aromatic nitrogens is 4. The lowest BCUT2D eigenvalue weighted by atomic mass is 10.2. The molecule has 0 amide bonds. The summed E-state index contributed by atoms with van der Waals surface area (Å²) in [6.07, 6.45) is 2.14. The number of aryl methyl sites for hydroxylation is 1. The van der Waals surface area contributed by atoms with E-state index in [0.717, 1.165) is 36.5 Å². The van der Waals surface area contributed by atoms with E-state index >= 15 is 0 Å². The summed E-state index contributed by atoms with van der Waals surface area (Å²) >= 11 is 6.01. The van der Waals surface area contributed by atoms with E-state index in [1.807, 2.05) is 36.4 Å². The second kappa shape index (κ2) is 7.28. The Morgan fingerprint density at radius 3 is 3.00 bits per heavy atom. The lowest BCUT2D eigenvalue weighted by Crippen LogP contribution is -2.08. The van der Waals surface area contributed by atoms with Gasteiger partial charge >= 0.3 is 0 Å². The molecule has 0 aliphatic rings. The minimum Gasteiger partial charge on any atom is -0.459 e. The van der Waals surface area contributed by atoms with Crippen molar-refractivity contribution >= 4 is 17.5 Å². The van der Waals surface area contributed by atoms with Crippen LogP contribution in [0, 0.1) is 0 Å². The zero-order chi connectivity index (χ0) is 16.1. The van der Waals surface area contributed by atoms with Crippen LogP contribution in [0.2, 0.25) is 5.02 Å². The summed E-state index contributed by atoms with van der Waals surface area (Å²) in [5.74, 6) is 2.25. The average molecular weight is 332 g/mol. The van der Waals surface area contributed by atoms with Crippen LogP contribution >= 0.6 is 11.6 Å². The molecule has 0 aliphatic heterocycles. The molecule has 1 aromatic carbocycles. The molecule has 3 aromatic rings. The smallest absolute Gasteiger partial charge is 0.243 e. The number of benzene rings is 1. The normalized spacial score (nSPS) is 10.9. The maximum absolute atomic E-state index is 6.01. The number of hydrogen-bond donors (Lipinski definition) is 1. The van der Waals surface area contributed by atoms with Crippen LogP contribution < -0.4 is 5.32 Å². The largest absolute Gasteiger partial charge is 0.459 e.